The van der Waals surface area contributed by atoms with Gasteiger partial charge in [-0.1, -0.05) is 0 Å². The van der Waals surface area contributed by atoms with Gasteiger partial charge in [-0.2, -0.15) is 16.9 Å². The summed E-state index contributed by atoms with van der Waals surface area (Å²) in [6, 6.07) is 3.82. The van der Waals surface area contributed by atoms with Crippen LogP contribution < -0.4 is 5.73 Å². The van der Waals surface area contributed by atoms with E-state index in [2.05, 4.69) is 22.0 Å². The number of thioether (sulfide) groups is 1. The largest absolute Gasteiger partial charge is 0.382 e. The first-order valence-electron chi connectivity index (χ1n) is 5.00. The van der Waals surface area contributed by atoms with E-state index in [0.29, 0.717) is 5.82 Å². The predicted octanol–water partition coefficient (Wildman–Crippen LogP) is 1.74. The fourth-order valence-corrected chi connectivity index (χ4v) is 2.93. The zero-order valence-electron chi connectivity index (χ0n) is 8.15. The lowest BCUT2D eigenvalue weighted by Gasteiger charge is -2.20. The quantitative estimate of drug-likeness (QED) is 0.806. The van der Waals surface area contributed by atoms with Crippen LogP contribution in [0.5, 0.6) is 0 Å². The van der Waals surface area contributed by atoms with Crippen LogP contribution in [-0.4, -0.2) is 21.7 Å². The van der Waals surface area contributed by atoms with Crippen LogP contribution in [0.1, 0.15) is 18.5 Å². The number of hydrogen-bond donors (Lipinski definition) is 1. The second kappa shape index (κ2) is 4.64. The minimum absolute atomic E-state index is 0.507. The summed E-state index contributed by atoms with van der Waals surface area (Å²) in [5, 5.41) is 7.96. The van der Waals surface area contributed by atoms with Crippen molar-refractivity contribution in [3.63, 3.8) is 0 Å². The summed E-state index contributed by atoms with van der Waals surface area (Å²) >= 11 is 2.06. The van der Waals surface area contributed by atoms with Crippen molar-refractivity contribution >= 4 is 17.6 Å². The van der Waals surface area contributed by atoms with Crippen molar-refractivity contribution in [2.24, 2.45) is 5.92 Å². The molecule has 1 saturated heterocycles. The number of rotatable bonds is 2. The summed E-state index contributed by atoms with van der Waals surface area (Å²) in [4.78, 5) is 0. The monoisotopic (exact) mass is 209 g/mol. The number of nitrogens with zero attached hydrogens (tertiary/aromatic N) is 2. The summed E-state index contributed by atoms with van der Waals surface area (Å²) in [5.74, 6) is 3.90. The molecule has 1 fully saturated rings. The molecule has 3 nitrogen and oxygen atoms in total. The second-order valence-electron chi connectivity index (χ2n) is 3.71. The maximum absolute atomic E-state index is 5.48. The minimum atomic E-state index is 0.507. The standard InChI is InChI=1S/C10H15N3S/c11-10-2-1-9(12-13-10)7-8-3-5-14-6-4-8/h1-2,8H,3-7H2,(H2,11,13). The third-order valence-electron chi connectivity index (χ3n) is 2.58. The summed E-state index contributed by atoms with van der Waals surface area (Å²) in [6.45, 7) is 0. The van der Waals surface area contributed by atoms with E-state index in [9.17, 15) is 0 Å². The fourth-order valence-electron chi connectivity index (χ4n) is 1.73. The number of nitrogen functional groups attached to an aromatic ring is 1. The highest BCUT2D eigenvalue weighted by Gasteiger charge is 2.14. The van der Waals surface area contributed by atoms with Crippen LogP contribution in [-0.2, 0) is 6.42 Å². The maximum atomic E-state index is 5.48. The molecule has 2 N–H and O–H groups in total. The Kier molecular flexibility index (Phi) is 3.24. The van der Waals surface area contributed by atoms with Gasteiger partial charge in [-0.3, -0.25) is 0 Å². The number of aromatic nitrogens is 2. The lowest BCUT2D eigenvalue weighted by atomic mass is 9.97. The molecular formula is C10H15N3S. The van der Waals surface area contributed by atoms with Gasteiger partial charge in [0.15, 0.2) is 0 Å². The lowest BCUT2D eigenvalue weighted by molar-refractivity contribution is 0.480. The Morgan fingerprint density at radius 2 is 2.07 bits per heavy atom. The molecule has 2 rings (SSSR count). The average Bonchev–Trinajstić information content (AvgIpc) is 2.23. The van der Waals surface area contributed by atoms with Crippen LogP contribution in [0.3, 0.4) is 0 Å². The molecule has 1 aromatic rings. The normalized spacial score (nSPS) is 18.3. The van der Waals surface area contributed by atoms with Crippen LogP contribution in [0, 0.1) is 5.92 Å². The summed E-state index contributed by atoms with van der Waals surface area (Å²) in [5.41, 5.74) is 6.56. The minimum Gasteiger partial charge on any atom is -0.382 e. The predicted molar refractivity (Wildman–Crippen MR) is 60.2 cm³/mol. The van der Waals surface area contributed by atoms with Crippen LogP contribution in [0.4, 0.5) is 5.82 Å². The Balaban J connectivity index is 1.92. The van der Waals surface area contributed by atoms with Crippen molar-refractivity contribution in [2.75, 3.05) is 17.2 Å². The Hall–Kier alpha value is -0.770. The summed E-state index contributed by atoms with van der Waals surface area (Å²) < 4.78 is 0. The third-order valence-corrected chi connectivity index (χ3v) is 3.63. The molecule has 0 unspecified atom stereocenters. The Morgan fingerprint density at radius 3 is 2.71 bits per heavy atom. The second-order valence-corrected chi connectivity index (χ2v) is 4.93. The lowest BCUT2D eigenvalue weighted by Crippen LogP contribution is -2.13. The van der Waals surface area contributed by atoms with Crippen molar-refractivity contribution in [1.82, 2.24) is 10.2 Å². The summed E-state index contributed by atoms with van der Waals surface area (Å²) in [6.07, 6.45) is 3.70. The molecule has 76 valence electrons. The van der Waals surface area contributed by atoms with E-state index < -0.39 is 0 Å². The van der Waals surface area contributed by atoms with Gasteiger partial charge in [-0.05, 0) is 48.8 Å². The van der Waals surface area contributed by atoms with Gasteiger partial charge in [-0.25, -0.2) is 0 Å². The highest BCUT2D eigenvalue weighted by atomic mass is 32.2. The average molecular weight is 209 g/mol. The molecule has 0 aromatic carbocycles. The van der Waals surface area contributed by atoms with Crippen molar-refractivity contribution < 1.29 is 0 Å². The van der Waals surface area contributed by atoms with Gasteiger partial charge in [0.05, 0.1) is 5.69 Å². The molecule has 4 heteroatoms. The molecule has 0 aliphatic carbocycles. The molecule has 0 spiro atoms. The van der Waals surface area contributed by atoms with Gasteiger partial charge >= 0.3 is 0 Å². The van der Waals surface area contributed by atoms with Crippen LogP contribution in [0.15, 0.2) is 12.1 Å². The van der Waals surface area contributed by atoms with Gasteiger partial charge in [-0.15, -0.1) is 5.10 Å². The van der Waals surface area contributed by atoms with E-state index >= 15 is 0 Å². The Morgan fingerprint density at radius 1 is 1.29 bits per heavy atom. The summed E-state index contributed by atoms with van der Waals surface area (Å²) in [7, 11) is 0. The van der Waals surface area contributed by atoms with E-state index in [1.807, 2.05) is 12.1 Å². The number of hydrogen-bond acceptors (Lipinski definition) is 4. The van der Waals surface area contributed by atoms with Crippen molar-refractivity contribution in [1.29, 1.82) is 0 Å². The molecule has 0 radical (unpaired) electrons. The number of anilines is 1. The van der Waals surface area contributed by atoms with Gasteiger partial charge in [0, 0.05) is 0 Å². The Bertz CT molecular complexity index is 280. The van der Waals surface area contributed by atoms with Crippen molar-refractivity contribution in [3.8, 4) is 0 Å². The first-order chi connectivity index (χ1) is 6.84. The molecule has 0 saturated carbocycles. The first-order valence-corrected chi connectivity index (χ1v) is 6.16. The third kappa shape index (κ3) is 2.61. The van der Waals surface area contributed by atoms with Gasteiger partial charge in [0.2, 0.25) is 0 Å². The molecule has 0 amide bonds. The Labute approximate surface area is 88.5 Å². The molecule has 1 aliphatic heterocycles. The van der Waals surface area contributed by atoms with Crippen LogP contribution in [0.25, 0.3) is 0 Å². The zero-order valence-corrected chi connectivity index (χ0v) is 8.96. The molecule has 1 aromatic heterocycles. The van der Waals surface area contributed by atoms with Gasteiger partial charge in [0.1, 0.15) is 5.82 Å². The van der Waals surface area contributed by atoms with Gasteiger partial charge < -0.3 is 5.73 Å². The first kappa shape index (κ1) is 9.77. The molecular weight excluding hydrogens is 194 g/mol. The SMILES string of the molecule is Nc1ccc(CC2CCSCC2)nn1. The van der Waals surface area contributed by atoms with Crippen molar-refractivity contribution in [2.45, 2.75) is 19.3 Å². The van der Waals surface area contributed by atoms with E-state index in [0.717, 1.165) is 18.0 Å². The molecule has 0 atom stereocenters. The van der Waals surface area contributed by atoms with E-state index in [1.165, 1.54) is 24.3 Å². The zero-order chi connectivity index (χ0) is 9.80. The molecule has 1 aliphatic rings. The topological polar surface area (TPSA) is 51.8 Å². The van der Waals surface area contributed by atoms with E-state index in [4.69, 9.17) is 5.73 Å². The van der Waals surface area contributed by atoms with Crippen LogP contribution in [0.2, 0.25) is 0 Å². The van der Waals surface area contributed by atoms with Crippen LogP contribution >= 0.6 is 11.8 Å². The van der Waals surface area contributed by atoms with E-state index in [1.54, 1.807) is 0 Å². The molecule has 14 heavy (non-hydrogen) atoms. The van der Waals surface area contributed by atoms with Gasteiger partial charge in [0.25, 0.3) is 0 Å². The smallest absolute Gasteiger partial charge is 0.146 e. The molecule has 2 heterocycles. The molecule has 0 bridgehead atoms. The maximum Gasteiger partial charge on any atom is 0.146 e. The van der Waals surface area contributed by atoms with Crippen molar-refractivity contribution in [3.05, 3.63) is 17.8 Å². The highest BCUT2D eigenvalue weighted by Crippen LogP contribution is 2.25. The number of nitrogens with two attached hydrogens (primary N) is 1. The van der Waals surface area contributed by atoms with E-state index in [-0.39, 0.29) is 0 Å². The fraction of sp³-hybridized carbons (Fsp3) is 0.600. The highest BCUT2D eigenvalue weighted by molar-refractivity contribution is 7.99.